The third-order valence-electron chi connectivity index (χ3n) is 5.95. The molecule has 3 nitrogen and oxygen atoms in total. The average molecular weight is 375 g/mol. The lowest BCUT2D eigenvalue weighted by molar-refractivity contribution is -0.152. The summed E-state index contributed by atoms with van der Waals surface area (Å²) in [7, 11) is 0. The molecule has 1 saturated carbocycles. The first-order valence-electron chi connectivity index (χ1n) is 11.1. The molecule has 1 fully saturated rings. The summed E-state index contributed by atoms with van der Waals surface area (Å²) in [6.07, 6.45) is 12.1. The molecule has 0 aromatic heterocycles. The van der Waals surface area contributed by atoms with Gasteiger partial charge in [-0.2, -0.15) is 0 Å². The van der Waals surface area contributed by atoms with Gasteiger partial charge in [0, 0.05) is 0 Å². The topological polar surface area (TPSA) is 46.5 Å². The molecule has 0 saturated heterocycles. The number of unbranched alkanes of at least 4 members (excludes halogenated alkanes) is 5. The lowest BCUT2D eigenvalue weighted by atomic mass is 9.75. The van der Waals surface area contributed by atoms with Gasteiger partial charge in [-0.3, -0.25) is 4.79 Å². The molecule has 1 N–H and O–H groups in total. The lowest BCUT2D eigenvalue weighted by Crippen LogP contribution is -2.34. The van der Waals surface area contributed by atoms with E-state index in [1.54, 1.807) is 0 Å². The summed E-state index contributed by atoms with van der Waals surface area (Å²) in [4.78, 5) is 12.2. The second-order valence-corrected chi connectivity index (χ2v) is 8.19. The number of ether oxygens (including phenoxy) is 1. The molecule has 3 heteroatoms. The third-order valence-corrected chi connectivity index (χ3v) is 5.95. The van der Waals surface area contributed by atoms with Gasteiger partial charge < -0.3 is 9.84 Å². The molecule has 2 rings (SSSR count). The van der Waals surface area contributed by atoms with Gasteiger partial charge in [-0.25, -0.2) is 0 Å². The van der Waals surface area contributed by atoms with Crippen molar-refractivity contribution in [2.75, 3.05) is 6.61 Å². The zero-order valence-corrected chi connectivity index (χ0v) is 17.3. The number of hydrogen-bond acceptors (Lipinski definition) is 3. The van der Waals surface area contributed by atoms with E-state index in [9.17, 15) is 9.90 Å². The van der Waals surface area contributed by atoms with Crippen molar-refractivity contribution in [2.45, 2.75) is 96.5 Å². The number of carbonyl (C=O) groups excluding carboxylic acids is 1. The predicted molar refractivity (Wildman–Crippen MR) is 111 cm³/mol. The van der Waals surface area contributed by atoms with E-state index in [2.05, 4.69) is 38.1 Å². The maximum Gasteiger partial charge on any atom is 0.308 e. The van der Waals surface area contributed by atoms with E-state index < -0.39 is 5.60 Å². The highest BCUT2D eigenvalue weighted by Gasteiger charge is 2.37. The highest BCUT2D eigenvalue weighted by molar-refractivity contribution is 5.72. The van der Waals surface area contributed by atoms with Crippen LogP contribution in [0.2, 0.25) is 0 Å². The summed E-state index contributed by atoms with van der Waals surface area (Å²) < 4.78 is 5.41. The largest absolute Gasteiger partial charge is 0.465 e. The van der Waals surface area contributed by atoms with Gasteiger partial charge in [-0.05, 0) is 56.1 Å². The molecule has 0 bridgehead atoms. The van der Waals surface area contributed by atoms with Crippen molar-refractivity contribution >= 4 is 5.97 Å². The minimum Gasteiger partial charge on any atom is -0.465 e. The molecule has 1 aromatic rings. The standard InChI is InChI=1S/C24H38O3/c1-3-5-7-8-10-20-11-13-22(14-12-20)24(26)17-15-21(16-18-24)23(25)27-19-9-6-4-2/h11-14,21,26H,3-10,15-19H2,1-2H3. The van der Waals surface area contributed by atoms with E-state index in [1.807, 2.05) is 0 Å². The summed E-state index contributed by atoms with van der Waals surface area (Å²) in [6, 6.07) is 8.48. The highest BCUT2D eigenvalue weighted by atomic mass is 16.5. The zero-order valence-electron chi connectivity index (χ0n) is 17.3. The Morgan fingerprint density at radius 1 is 1.00 bits per heavy atom. The molecule has 0 radical (unpaired) electrons. The van der Waals surface area contributed by atoms with E-state index in [1.165, 1.54) is 31.2 Å². The smallest absolute Gasteiger partial charge is 0.308 e. The maximum atomic E-state index is 12.2. The van der Waals surface area contributed by atoms with Gasteiger partial charge >= 0.3 is 5.97 Å². The molecule has 1 aliphatic rings. The van der Waals surface area contributed by atoms with Crippen molar-refractivity contribution in [1.29, 1.82) is 0 Å². The number of esters is 1. The quantitative estimate of drug-likeness (QED) is 0.386. The van der Waals surface area contributed by atoms with Crippen molar-refractivity contribution in [2.24, 2.45) is 5.92 Å². The molecule has 0 aliphatic heterocycles. The summed E-state index contributed by atoms with van der Waals surface area (Å²) in [5, 5.41) is 11.1. The van der Waals surface area contributed by atoms with Gasteiger partial charge in [0.2, 0.25) is 0 Å². The van der Waals surface area contributed by atoms with Crippen molar-refractivity contribution < 1.29 is 14.6 Å². The molecular formula is C24H38O3. The first-order chi connectivity index (χ1) is 13.1. The minimum absolute atomic E-state index is 0.0512. The lowest BCUT2D eigenvalue weighted by Gasteiger charge is -2.35. The van der Waals surface area contributed by atoms with Crippen molar-refractivity contribution in [3.63, 3.8) is 0 Å². The zero-order chi connectivity index (χ0) is 19.5. The molecular weight excluding hydrogens is 336 g/mol. The van der Waals surface area contributed by atoms with Gasteiger partial charge in [0.25, 0.3) is 0 Å². The summed E-state index contributed by atoms with van der Waals surface area (Å²) in [5.41, 5.74) is 1.55. The molecule has 0 spiro atoms. The van der Waals surface area contributed by atoms with Crippen molar-refractivity contribution in [3.05, 3.63) is 35.4 Å². The van der Waals surface area contributed by atoms with Crippen LogP contribution < -0.4 is 0 Å². The Morgan fingerprint density at radius 3 is 2.26 bits per heavy atom. The Bertz CT molecular complexity index is 541. The molecule has 0 amide bonds. The second kappa shape index (κ2) is 11.5. The number of hydrogen-bond donors (Lipinski definition) is 1. The first kappa shape index (κ1) is 21.9. The van der Waals surface area contributed by atoms with Crippen LogP contribution >= 0.6 is 0 Å². The van der Waals surface area contributed by atoms with Crippen LogP contribution in [-0.2, 0) is 21.6 Å². The fraction of sp³-hybridized carbons (Fsp3) is 0.708. The first-order valence-corrected chi connectivity index (χ1v) is 11.1. The van der Waals surface area contributed by atoms with Gasteiger partial charge in [-0.15, -0.1) is 0 Å². The van der Waals surface area contributed by atoms with Gasteiger partial charge in [0.05, 0.1) is 18.1 Å². The van der Waals surface area contributed by atoms with E-state index in [0.717, 1.165) is 31.2 Å². The number of carbonyl (C=O) groups is 1. The number of aliphatic hydroxyl groups is 1. The van der Waals surface area contributed by atoms with Gasteiger partial charge in [-0.1, -0.05) is 70.2 Å². The van der Waals surface area contributed by atoms with Gasteiger partial charge in [0.15, 0.2) is 0 Å². The molecule has 152 valence electrons. The van der Waals surface area contributed by atoms with E-state index in [0.29, 0.717) is 32.3 Å². The van der Waals surface area contributed by atoms with Crippen molar-refractivity contribution in [1.82, 2.24) is 0 Å². The van der Waals surface area contributed by atoms with Crippen LogP contribution in [0, 0.1) is 5.92 Å². The summed E-state index contributed by atoms with van der Waals surface area (Å²) in [5.74, 6) is -0.125. The SMILES string of the molecule is CCCCCCc1ccc(C2(O)CCC(C(=O)OCCCCC)CC2)cc1. The minimum atomic E-state index is -0.792. The van der Waals surface area contributed by atoms with Crippen LogP contribution in [0.5, 0.6) is 0 Å². The third kappa shape index (κ3) is 6.95. The van der Waals surface area contributed by atoms with Crippen LogP contribution in [0.3, 0.4) is 0 Å². The van der Waals surface area contributed by atoms with E-state index >= 15 is 0 Å². The normalized spacial score (nSPS) is 22.6. The summed E-state index contributed by atoms with van der Waals surface area (Å²) in [6.45, 7) is 4.91. The summed E-state index contributed by atoms with van der Waals surface area (Å²) >= 11 is 0. The number of benzene rings is 1. The molecule has 0 unspecified atom stereocenters. The van der Waals surface area contributed by atoms with E-state index in [4.69, 9.17) is 4.74 Å². The molecule has 0 atom stereocenters. The van der Waals surface area contributed by atoms with Crippen LogP contribution in [0.25, 0.3) is 0 Å². The Hall–Kier alpha value is -1.35. The van der Waals surface area contributed by atoms with E-state index in [-0.39, 0.29) is 11.9 Å². The Morgan fingerprint density at radius 2 is 1.63 bits per heavy atom. The highest BCUT2D eigenvalue weighted by Crippen LogP contribution is 2.40. The van der Waals surface area contributed by atoms with Crippen LogP contribution in [0.4, 0.5) is 0 Å². The molecule has 1 aromatic carbocycles. The Labute approximate surface area is 165 Å². The Kier molecular flexibility index (Phi) is 9.33. The fourth-order valence-electron chi connectivity index (χ4n) is 4.00. The van der Waals surface area contributed by atoms with Crippen LogP contribution in [0.1, 0.15) is 95.6 Å². The predicted octanol–water partition coefficient (Wildman–Crippen LogP) is 5.92. The van der Waals surface area contributed by atoms with Crippen LogP contribution in [0.15, 0.2) is 24.3 Å². The van der Waals surface area contributed by atoms with Crippen molar-refractivity contribution in [3.8, 4) is 0 Å². The molecule has 0 heterocycles. The second-order valence-electron chi connectivity index (χ2n) is 8.19. The number of aryl methyl sites for hydroxylation is 1. The molecule has 1 aliphatic carbocycles. The molecule has 27 heavy (non-hydrogen) atoms. The Balaban J connectivity index is 1.79. The van der Waals surface area contributed by atoms with Gasteiger partial charge in [0.1, 0.15) is 0 Å². The monoisotopic (exact) mass is 374 g/mol. The fourth-order valence-corrected chi connectivity index (χ4v) is 4.00. The van der Waals surface area contributed by atoms with Crippen LogP contribution in [-0.4, -0.2) is 17.7 Å². The maximum absolute atomic E-state index is 12.2. The average Bonchev–Trinajstić information content (AvgIpc) is 2.69. The number of rotatable bonds is 11.